The Morgan fingerprint density at radius 2 is 1.70 bits per heavy atom. The third kappa shape index (κ3) is 7.90. The van der Waals surface area contributed by atoms with Gasteiger partial charge in [0.05, 0.1) is 28.7 Å². The van der Waals surface area contributed by atoms with E-state index in [0.29, 0.717) is 60.1 Å². The van der Waals surface area contributed by atoms with E-state index in [1.807, 2.05) is 46.2 Å². The Kier molecular flexibility index (Phi) is 10.9. The lowest BCUT2D eigenvalue weighted by Gasteiger charge is -2.45. The van der Waals surface area contributed by atoms with Gasteiger partial charge in [-0.25, -0.2) is 14.2 Å². The Hall–Kier alpha value is -6.34. The highest BCUT2D eigenvalue weighted by molar-refractivity contribution is 6.05. The number of piperidine rings is 2. The van der Waals surface area contributed by atoms with Crippen LogP contribution in [0.15, 0.2) is 60.9 Å². The fraction of sp³-hybridized carbons (Fsp3) is 0.444. The first-order valence-electron chi connectivity index (χ1n) is 21.3. The normalized spacial score (nSPS) is 22.7. The highest BCUT2D eigenvalue weighted by atomic mass is 19.1. The van der Waals surface area contributed by atoms with Crippen molar-refractivity contribution >= 4 is 57.5 Å². The van der Waals surface area contributed by atoms with Crippen LogP contribution >= 0.6 is 0 Å². The molecule has 0 aliphatic carbocycles. The van der Waals surface area contributed by atoms with Crippen molar-refractivity contribution < 1.29 is 23.6 Å². The SMILES string of the molecule is C[C@@H]1CN(c2ccc(C#N)c3ncccc23)[C@@H](C)CN1C(=O)Nc1ccc(N2CCC(CN3CCN(c4cc5c(cc4F)C(=O)N([C@H]4CCC(=O)NC4=O)C5)CC3)CC2)nc1. The van der Waals surface area contributed by atoms with Gasteiger partial charge in [0.2, 0.25) is 11.8 Å². The summed E-state index contributed by atoms with van der Waals surface area (Å²) in [5.41, 5.74) is 4.37. The van der Waals surface area contributed by atoms with Crippen molar-refractivity contribution in [2.75, 3.05) is 78.9 Å². The summed E-state index contributed by atoms with van der Waals surface area (Å²) >= 11 is 0. The number of aromatic nitrogens is 2. The van der Waals surface area contributed by atoms with Crippen LogP contribution in [-0.4, -0.2) is 125 Å². The second-order valence-electron chi connectivity index (χ2n) is 17.1. The van der Waals surface area contributed by atoms with Gasteiger partial charge in [-0.2, -0.15) is 5.26 Å². The zero-order valence-electron chi connectivity index (χ0n) is 34.5. The maximum atomic E-state index is 15.5. The number of piperazine rings is 2. The van der Waals surface area contributed by atoms with Gasteiger partial charge in [0.1, 0.15) is 23.7 Å². The highest BCUT2D eigenvalue weighted by Crippen LogP contribution is 2.35. The minimum Gasteiger partial charge on any atom is -0.367 e. The smallest absolute Gasteiger partial charge is 0.322 e. The second-order valence-corrected chi connectivity index (χ2v) is 17.1. The Morgan fingerprint density at radius 3 is 2.44 bits per heavy atom. The van der Waals surface area contributed by atoms with E-state index < -0.39 is 17.8 Å². The van der Waals surface area contributed by atoms with E-state index in [0.717, 1.165) is 62.5 Å². The summed E-state index contributed by atoms with van der Waals surface area (Å²) in [6, 6.07) is 16.0. The molecule has 4 aromatic rings. The van der Waals surface area contributed by atoms with Crippen LogP contribution in [0.1, 0.15) is 61.0 Å². The maximum absolute atomic E-state index is 15.5. The Morgan fingerprint density at radius 1 is 0.902 bits per heavy atom. The summed E-state index contributed by atoms with van der Waals surface area (Å²) < 4.78 is 15.5. The van der Waals surface area contributed by atoms with Gasteiger partial charge in [-0.15, -0.1) is 0 Å². The lowest BCUT2D eigenvalue weighted by atomic mass is 9.96. The number of urea groups is 1. The van der Waals surface area contributed by atoms with Crippen LogP contribution in [0, 0.1) is 23.1 Å². The number of hydrogen-bond donors (Lipinski definition) is 2. The third-order valence-corrected chi connectivity index (χ3v) is 13.2. The molecule has 2 aromatic heterocycles. The van der Waals surface area contributed by atoms with Crippen LogP contribution in [0.5, 0.6) is 0 Å². The van der Waals surface area contributed by atoms with Crippen LogP contribution in [0.2, 0.25) is 0 Å². The molecule has 0 radical (unpaired) electrons. The first-order valence-corrected chi connectivity index (χ1v) is 21.3. The van der Waals surface area contributed by atoms with Crippen LogP contribution in [0.3, 0.4) is 0 Å². The van der Waals surface area contributed by atoms with Crippen molar-refractivity contribution in [3.63, 3.8) is 0 Å². The first-order chi connectivity index (χ1) is 29.5. The van der Waals surface area contributed by atoms with Crippen molar-refractivity contribution in [3.05, 3.63) is 83.4 Å². The predicted octanol–water partition coefficient (Wildman–Crippen LogP) is 4.57. The fourth-order valence-electron chi connectivity index (χ4n) is 9.79. The van der Waals surface area contributed by atoms with Gasteiger partial charge in [-0.1, -0.05) is 0 Å². The summed E-state index contributed by atoms with van der Waals surface area (Å²) in [7, 11) is 0. The van der Waals surface area contributed by atoms with E-state index in [1.165, 1.54) is 11.0 Å². The topological polar surface area (TPSA) is 161 Å². The maximum Gasteiger partial charge on any atom is 0.322 e. The van der Waals surface area contributed by atoms with Crippen LogP contribution in [0.25, 0.3) is 10.9 Å². The Labute approximate surface area is 354 Å². The molecule has 5 aliphatic rings. The van der Waals surface area contributed by atoms with E-state index in [2.05, 4.69) is 50.2 Å². The number of rotatable bonds is 7. The zero-order valence-corrected chi connectivity index (χ0v) is 34.5. The molecule has 61 heavy (non-hydrogen) atoms. The lowest BCUT2D eigenvalue weighted by Crippen LogP contribution is -2.59. The van der Waals surface area contributed by atoms with Crippen LogP contribution in [-0.2, 0) is 16.1 Å². The molecule has 4 saturated heterocycles. The molecule has 16 heteroatoms. The predicted molar refractivity (Wildman–Crippen MR) is 229 cm³/mol. The molecule has 5 amide bonds. The number of nitriles is 1. The Bertz CT molecular complexity index is 2410. The van der Waals surface area contributed by atoms with Gasteiger partial charge < -0.3 is 29.8 Å². The molecule has 0 spiro atoms. The molecule has 4 fully saturated rings. The number of amides is 5. The molecule has 15 nitrogen and oxygen atoms in total. The van der Waals surface area contributed by atoms with Gasteiger partial charge in [0.25, 0.3) is 5.91 Å². The number of pyridine rings is 2. The molecule has 0 unspecified atom stereocenters. The fourth-order valence-corrected chi connectivity index (χ4v) is 9.79. The molecular weight excluding hydrogens is 778 g/mol. The summed E-state index contributed by atoms with van der Waals surface area (Å²) in [5, 5.41) is 15.9. The van der Waals surface area contributed by atoms with E-state index in [4.69, 9.17) is 4.98 Å². The number of nitrogens with one attached hydrogen (secondary N) is 2. The number of carbonyl (C=O) groups is 4. The first kappa shape index (κ1) is 40.1. The van der Waals surface area contributed by atoms with Crippen molar-refractivity contribution in [1.82, 2.24) is 30.0 Å². The molecule has 9 rings (SSSR count). The summed E-state index contributed by atoms with van der Waals surface area (Å²) in [5.74, 6) is -0.191. The number of nitrogens with zero attached hydrogens (tertiary/aromatic N) is 9. The molecule has 2 aromatic carbocycles. The van der Waals surface area contributed by atoms with Gasteiger partial charge in [0, 0.05) is 107 Å². The van der Waals surface area contributed by atoms with Crippen molar-refractivity contribution in [2.24, 2.45) is 5.92 Å². The van der Waals surface area contributed by atoms with E-state index >= 15 is 4.39 Å². The van der Waals surface area contributed by atoms with Crippen LogP contribution < -0.4 is 25.3 Å². The number of halogens is 1. The minimum absolute atomic E-state index is 0.0448. The number of imide groups is 1. The van der Waals surface area contributed by atoms with E-state index in [-0.39, 0.29) is 54.9 Å². The number of hydrogen-bond acceptors (Lipinski definition) is 11. The summed E-state index contributed by atoms with van der Waals surface area (Å²) in [6.45, 7) is 11.3. The molecular formula is C45H50FN11O4. The minimum atomic E-state index is -0.730. The van der Waals surface area contributed by atoms with Gasteiger partial charge >= 0.3 is 6.03 Å². The van der Waals surface area contributed by atoms with E-state index in [1.54, 1.807) is 18.5 Å². The molecule has 3 atom stereocenters. The average Bonchev–Trinajstić information content (AvgIpc) is 3.58. The number of anilines is 4. The quantitative estimate of drug-likeness (QED) is 0.251. The lowest BCUT2D eigenvalue weighted by molar-refractivity contribution is -0.136. The van der Waals surface area contributed by atoms with Gasteiger partial charge in [-0.05, 0) is 93.1 Å². The zero-order chi connectivity index (χ0) is 42.4. The standard InChI is InChI=1S/C45H50FN11O4/c1-28-25-56(29(2)24-55(28)37-7-5-31(22-47)42-34(37)4-3-13-48-42)45(61)50-33-6-9-40(49-23-33)54-14-11-30(12-15-54)26-52-16-18-53(19-17-52)39-20-32-27-57(44(60)35(32)21-36(39)46)38-8-10-41(58)51-43(38)59/h3-7,9,13,20-21,23,28-30,38H,8,10-12,14-19,24-27H2,1-2H3,(H,50,61)(H,51,58,59)/t28-,29+,38-/m0/s1. The van der Waals surface area contributed by atoms with Crippen molar-refractivity contribution in [1.29, 1.82) is 5.26 Å². The number of benzene rings is 2. The summed E-state index contributed by atoms with van der Waals surface area (Å²) in [4.78, 5) is 72.4. The number of fused-ring (bicyclic) bond motifs is 2. The average molecular weight is 828 g/mol. The Balaban J connectivity index is 0.729. The molecule has 0 saturated carbocycles. The molecule has 2 N–H and O–H groups in total. The monoisotopic (exact) mass is 827 g/mol. The number of carbonyl (C=O) groups excluding carboxylic acids is 4. The van der Waals surface area contributed by atoms with Crippen LogP contribution in [0.4, 0.5) is 32.1 Å². The van der Waals surface area contributed by atoms with Crippen molar-refractivity contribution in [2.45, 2.75) is 64.2 Å². The van der Waals surface area contributed by atoms with Gasteiger partial charge in [0.15, 0.2) is 0 Å². The highest BCUT2D eigenvalue weighted by Gasteiger charge is 2.40. The van der Waals surface area contributed by atoms with E-state index in [9.17, 15) is 24.4 Å². The van der Waals surface area contributed by atoms with Crippen molar-refractivity contribution in [3.8, 4) is 6.07 Å². The molecule has 7 heterocycles. The molecule has 316 valence electrons. The van der Waals surface area contributed by atoms with Gasteiger partial charge in [-0.3, -0.25) is 29.6 Å². The summed E-state index contributed by atoms with van der Waals surface area (Å²) in [6.07, 6.45) is 5.95. The second kappa shape index (κ2) is 16.6. The molecule has 5 aliphatic heterocycles. The third-order valence-electron chi connectivity index (χ3n) is 13.2. The molecule has 0 bridgehead atoms. The largest absolute Gasteiger partial charge is 0.367 e.